The Labute approximate surface area is 197 Å². The highest BCUT2D eigenvalue weighted by molar-refractivity contribution is 7.91. The van der Waals surface area contributed by atoms with Gasteiger partial charge in [0.2, 0.25) is 5.89 Å². The van der Waals surface area contributed by atoms with Gasteiger partial charge >= 0.3 is 5.97 Å². The number of carbonyl (C=O) groups is 1. The van der Waals surface area contributed by atoms with Crippen LogP contribution in [0, 0.1) is 5.92 Å². The third-order valence-electron chi connectivity index (χ3n) is 5.44. The van der Waals surface area contributed by atoms with Crippen molar-refractivity contribution in [2.24, 2.45) is 5.92 Å². The van der Waals surface area contributed by atoms with Crippen LogP contribution in [-0.4, -0.2) is 37.3 Å². The highest BCUT2D eigenvalue weighted by Gasteiger charge is 2.27. The first-order valence-electron chi connectivity index (χ1n) is 10.6. The second kappa shape index (κ2) is 9.93. The molecule has 0 saturated heterocycles. The van der Waals surface area contributed by atoms with E-state index < -0.39 is 27.5 Å². The first-order chi connectivity index (χ1) is 16.4. The number of hydrogen-bond acceptors (Lipinski definition) is 6. The first-order valence-corrected chi connectivity index (χ1v) is 12.2. The number of aliphatic carboxylic acids is 1. The minimum atomic E-state index is -3.81. The van der Waals surface area contributed by atoms with E-state index in [0.29, 0.717) is 17.2 Å². The van der Waals surface area contributed by atoms with Crippen molar-refractivity contribution in [3.8, 4) is 28.5 Å². The zero-order valence-electron chi connectivity index (χ0n) is 18.4. The SMILES string of the molecule is COc1ccc(-c2cnc(-c3ccc(S(=O)(=O)C[C@H](Cc4ccccc4)C(=O)O)cc3)o2)cc1. The van der Waals surface area contributed by atoms with E-state index in [-0.39, 0.29) is 11.3 Å². The summed E-state index contributed by atoms with van der Waals surface area (Å²) in [4.78, 5) is 16.1. The van der Waals surface area contributed by atoms with Crippen LogP contribution < -0.4 is 4.74 Å². The molecule has 34 heavy (non-hydrogen) atoms. The zero-order chi connectivity index (χ0) is 24.1. The molecule has 0 amide bonds. The first kappa shape index (κ1) is 23.3. The fraction of sp³-hybridized carbons (Fsp3) is 0.154. The normalized spacial score (nSPS) is 12.3. The molecule has 0 aliphatic rings. The Morgan fingerprint density at radius 1 is 0.971 bits per heavy atom. The van der Waals surface area contributed by atoms with Crippen molar-refractivity contribution in [2.75, 3.05) is 12.9 Å². The summed E-state index contributed by atoms with van der Waals surface area (Å²) in [6, 6.07) is 22.4. The summed E-state index contributed by atoms with van der Waals surface area (Å²) in [5.41, 5.74) is 2.21. The Morgan fingerprint density at radius 3 is 2.24 bits per heavy atom. The lowest BCUT2D eigenvalue weighted by Crippen LogP contribution is -2.26. The number of rotatable bonds is 9. The van der Waals surface area contributed by atoms with E-state index in [2.05, 4.69) is 4.98 Å². The molecule has 0 saturated carbocycles. The molecular weight excluding hydrogens is 454 g/mol. The summed E-state index contributed by atoms with van der Waals surface area (Å²) in [6.45, 7) is 0. The third-order valence-corrected chi connectivity index (χ3v) is 7.27. The minimum absolute atomic E-state index is 0.0532. The summed E-state index contributed by atoms with van der Waals surface area (Å²) >= 11 is 0. The summed E-state index contributed by atoms with van der Waals surface area (Å²) in [5.74, 6) is -1.03. The van der Waals surface area contributed by atoms with Gasteiger partial charge in [0.25, 0.3) is 0 Å². The molecule has 0 fully saturated rings. The van der Waals surface area contributed by atoms with Crippen LogP contribution in [0.2, 0.25) is 0 Å². The lowest BCUT2D eigenvalue weighted by Gasteiger charge is -2.13. The molecule has 4 aromatic rings. The number of carboxylic acid groups (broad SMARTS) is 1. The Hall–Kier alpha value is -3.91. The third kappa shape index (κ3) is 5.35. The number of hydrogen-bond donors (Lipinski definition) is 1. The van der Waals surface area contributed by atoms with Gasteiger partial charge in [-0.05, 0) is 60.5 Å². The fourth-order valence-corrected chi connectivity index (χ4v) is 5.11. The maximum absolute atomic E-state index is 12.9. The molecule has 1 atom stereocenters. The van der Waals surface area contributed by atoms with Crippen molar-refractivity contribution in [1.29, 1.82) is 0 Å². The second-order valence-electron chi connectivity index (χ2n) is 7.79. The standard InChI is InChI=1S/C26H23NO6S/c1-32-22-11-7-19(8-12-22)24-16-27-25(33-24)20-9-13-23(14-10-20)34(30,31)17-21(26(28)29)15-18-5-3-2-4-6-18/h2-14,16,21H,15,17H2,1H3,(H,28,29)/t21-/m0/s1. The van der Waals surface area contributed by atoms with Crippen LogP contribution in [0.5, 0.6) is 5.75 Å². The van der Waals surface area contributed by atoms with E-state index >= 15 is 0 Å². The van der Waals surface area contributed by atoms with Gasteiger partial charge in [0, 0.05) is 11.1 Å². The monoisotopic (exact) mass is 477 g/mol. The van der Waals surface area contributed by atoms with Gasteiger partial charge in [0.15, 0.2) is 15.6 Å². The second-order valence-corrected chi connectivity index (χ2v) is 9.82. The number of methoxy groups -OCH3 is 1. The zero-order valence-corrected chi connectivity index (χ0v) is 19.2. The summed E-state index contributed by atoms with van der Waals surface area (Å²) in [6.07, 6.45) is 1.74. The van der Waals surface area contributed by atoms with Crippen LogP contribution in [0.3, 0.4) is 0 Å². The number of sulfone groups is 1. The van der Waals surface area contributed by atoms with Gasteiger partial charge in [-0.2, -0.15) is 0 Å². The molecule has 0 unspecified atom stereocenters. The fourth-order valence-electron chi connectivity index (χ4n) is 3.58. The van der Waals surface area contributed by atoms with Crippen molar-refractivity contribution in [3.63, 3.8) is 0 Å². The van der Waals surface area contributed by atoms with Gasteiger partial charge in [-0.15, -0.1) is 0 Å². The van der Waals surface area contributed by atoms with Crippen LogP contribution in [0.1, 0.15) is 5.56 Å². The largest absolute Gasteiger partial charge is 0.497 e. The molecule has 174 valence electrons. The van der Waals surface area contributed by atoms with Crippen molar-refractivity contribution < 1.29 is 27.5 Å². The topological polar surface area (TPSA) is 107 Å². The average molecular weight is 478 g/mol. The van der Waals surface area contributed by atoms with Gasteiger partial charge < -0.3 is 14.3 Å². The Kier molecular flexibility index (Phi) is 6.79. The molecule has 1 aromatic heterocycles. The van der Waals surface area contributed by atoms with Crippen LogP contribution in [0.25, 0.3) is 22.8 Å². The van der Waals surface area contributed by atoms with Gasteiger partial charge in [-0.25, -0.2) is 13.4 Å². The number of benzene rings is 3. The van der Waals surface area contributed by atoms with Gasteiger partial charge in [-0.1, -0.05) is 30.3 Å². The van der Waals surface area contributed by atoms with E-state index in [1.54, 1.807) is 49.7 Å². The number of oxazole rings is 1. The number of nitrogens with zero attached hydrogens (tertiary/aromatic N) is 1. The van der Waals surface area contributed by atoms with Crippen molar-refractivity contribution in [2.45, 2.75) is 11.3 Å². The van der Waals surface area contributed by atoms with Crippen molar-refractivity contribution in [1.82, 2.24) is 4.98 Å². The quantitative estimate of drug-likeness (QED) is 0.371. The van der Waals surface area contributed by atoms with E-state index in [9.17, 15) is 18.3 Å². The highest BCUT2D eigenvalue weighted by atomic mass is 32.2. The van der Waals surface area contributed by atoms with Crippen LogP contribution in [0.15, 0.2) is 94.4 Å². The molecule has 0 aliphatic carbocycles. The van der Waals surface area contributed by atoms with Crippen LogP contribution >= 0.6 is 0 Å². The number of aromatic nitrogens is 1. The van der Waals surface area contributed by atoms with Crippen molar-refractivity contribution >= 4 is 15.8 Å². The predicted octanol–water partition coefficient (Wildman–Crippen LogP) is 4.73. The maximum Gasteiger partial charge on any atom is 0.307 e. The molecule has 0 bridgehead atoms. The van der Waals surface area contributed by atoms with E-state index in [1.807, 2.05) is 30.3 Å². The van der Waals surface area contributed by atoms with E-state index in [0.717, 1.165) is 16.9 Å². The summed E-state index contributed by atoms with van der Waals surface area (Å²) < 4.78 is 36.8. The smallest absolute Gasteiger partial charge is 0.307 e. The molecule has 0 spiro atoms. The highest BCUT2D eigenvalue weighted by Crippen LogP contribution is 2.28. The van der Waals surface area contributed by atoms with Crippen molar-refractivity contribution in [3.05, 3.63) is 90.6 Å². The van der Waals surface area contributed by atoms with E-state index in [1.165, 1.54) is 12.1 Å². The lowest BCUT2D eigenvalue weighted by molar-refractivity contribution is -0.140. The molecule has 0 radical (unpaired) electrons. The van der Waals surface area contributed by atoms with E-state index in [4.69, 9.17) is 9.15 Å². The minimum Gasteiger partial charge on any atom is -0.497 e. The molecule has 1 N–H and O–H groups in total. The molecule has 3 aromatic carbocycles. The maximum atomic E-state index is 12.9. The molecule has 4 rings (SSSR count). The van der Waals surface area contributed by atoms with Crippen LogP contribution in [-0.2, 0) is 21.1 Å². The molecule has 7 nitrogen and oxygen atoms in total. The van der Waals surface area contributed by atoms with Crippen LogP contribution in [0.4, 0.5) is 0 Å². The Balaban J connectivity index is 1.50. The summed E-state index contributed by atoms with van der Waals surface area (Å²) in [5, 5.41) is 9.57. The number of ether oxygens (including phenoxy) is 1. The predicted molar refractivity (Wildman–Crippen MR) is 127 cm³/mol. The summed E-state index contributed by atoms with van der Waals surface area (Å²) in [7, 11) is -2.22. The molecule has 0 aliphatic heterocycles. The molecule has 8 heteroatoms. The lowest BCUT2D eigenvalue weighted by atomic mass is 10.0. The molecular formula is C26H23NO6S. The number of carboxylic acids is 1. The van der Waals surface area contributed by atoms with Gasteiger partial charge in [-0.3, -0.25) is 4.79 Å². The Morgan fingerprint density at radius 2 is 1.62 bits per heavy atom. The van der Waals surface area contributed by atoms with Gasteiger partial charge in [0.1, 0.15) is 5.75 Å². The van der Waals surface area contributed by atoms with Gasteiger partial charge in [0.05, 0.1) is 29.9 Å². The Bertz CT molecular complexity index is 1360. The molecule has 1 heterocycles. The average Bonchev–Trinajstić information content (AvgIpc) is 3.35.